The Hall–Kier alpha value is -3.66. The van der Waals surface area contributed by atoms with Crippen LogP contribution < -0.4 is 20.7 Å². The van der Waals surface area contributed by atoms with Crippen molar-refractivity contribution in [3.63, 3.8) is 0 Å². The zero-order valence-corrected chi connectivity index (χ0v) is 27.9. The van der Waals surface area contributed by atoms with E-state index in [2.05, 4.69) is 16.0 Å². The molecule has 3 N–H and O–H groups in total. The molecule has 1 fully saturated rings. The average molecular weight is 671 g/mol. The van der Waals surface area contributed by atoms with Gasteiger partial charge in [0, 0.05) is 22.7 Å². The van der Waals surface area contributed by atoms with Crippen LogP contribution in [0.5, 0.6) is 5.75 Å². The zero-order valence-electron chi connectivity index (χ0n) is 26.4. The Morgan fingerprint density at radius 3 is 2.54 bits per heavy atom. The molecule has 2 heterocycles. The van der Waals surface area contributed by atoms with Crippen LogP contribution >= 0.6 is 23.2 Å². The minimum atomic E-state index is -1.39. The molecule has 0 bridgehead atoms. The van der Waals surface area contributed by atoms with Gasteiger partial charge >= 0.3 is 5.97 Å². The molecule has 2 aliphatic heterocycles. The summed E-state index contributed by atoms with van der Waals surface area (Å²) in [6.07, 6.45) is 2.11. The number of nitrogens with one attached hydrogen (secondary N) is 3. The van der Waals surface area contributed by atoms with Crippen molar-refractivity contribution < 1.29 is 28.2 Å². The van der Waals surface area contributed by atoms with Crippen molar-refractivity contribution in [2.24, 2.45) is 5.41 Å². The van der Waals surface area contributed by atoms with Gasteiger partial charge in [-0.15, -0.1) is 0 Å². The molecule has 5 rings (SSSR count). The fourth-order valence-corrected chi connectivity index (χ4v) is 7.03. The molecule has 0 saturated carbocycles. The number of ether oxygens (including phenoxy) is 2. The second-order valence-corrected chi connectivity index (χ2v) is 13.8. The summed E-state index contributed by atoms with van der Waals surface area (Å²) in [5.41, 5.74) is 0.160. The number of carbonyl (C=O) groups excluding carboxylic acids is 3. The molecular weight excluding hydrogens is 632 g/mol. The maximum atomic E-state index is 16.1. The summed E-state index contributed by atoms with van der Waals surface area (Å²) >= 11 is 12.6. The number of unbranched alkanes of at least 4 members (excludes halogenated alkanes) is 1. The van der Waals surface area contributed by atoms with E-state index in [-0.39, 0.29) is 33.2 Å². The predicted molar refractivity (Wildman–Crippen MR) is 178 cm³/mol. The molecule has 0 radical (unpaired) electrons. The molecule has 46 heavy (non-hydrogen) atoms. The van der Waals surface area contributed by atoms with Crippen molar-refractivity contribution in [2.45, 2.75) is 70.4 Å². The number of halogens is 3. The van der Waals surface area contributed by atoms with Crippen molar-refractivity contribution in [2.75, 3.05) is 24.4 Å². The summed E-state index contributed by atoms with van der Waals surface area (Å²) in [6.45, 7) is 8.51. The number of fused-ring (bicyclic) bond motifs is 2. The van der Waals surface area contributed by atoms with E-state index in [4.69, 9.17) is 32.7 Å². The third kappa shape index (κ3) is 6.20. The number of rotatable bonds is 9. The molecule has 244 valence electrons. The second-order valence-electron chi connectivity index (χ2n) is 13.0. The van der Waals surface area contributed by atoms with E-state index < -0.39 is 41.1 Å². The average Bonchev–Trinajstić information content (AvgIpc) is 3.47. The minimum Gasteiger partial charge on any atom is -0.491 e. The van der Waals surface area contributed by atoms with E-state index in [9.17, 15) is 14.4 Å². The predicted octanol–water partition coefficient (Wildman–Crippen LogP) is 7.49. The summed E-state index contributed by atoms with van der Waals surface area (Å²) in [4.78, 5) is 41.1. The summed E-state index contributed by atoms with van der Waals surface area (Å²) < 4.78 is 26.9. The van der Waals surface area contributed by atoms with Crippen LogP contribution in [0.1, 0.15) is 74.4 Å². The Kier molecular flexibility index (Phi) is 9.68. The van der Waals surface area contributed by atoms with E-state index in [0.29, 0.717) is 35.0 Å². The molecule has 1 unspecified atom stereocenters. The van der Waals surface area contributed by atoms with Gasteiger partial charge in [0.1, 0.15) is 17.0 Å². The number of methoxy groups -OCH3 is 1. The van der Waals surface area contributed by atoms with E-state index in [1.165, 1.54) is 25.3 Å². The first-order chi connectivity index (χ1) is 21.8. The first-order valence-corrected chi connectivity index (χ1v) is 16.0. The van der Waals surface area contributed by atoms with Crippen LogP contribution in [0, 0.1) is 11.2 Å². The van der Waals surface area contributed by atoms with Gasteiger partial charge < -0.3 is 25.4 Å². The summed E-state index contributed by atoms with van der Waals surface area (Å²) in [7, 11) is 1.28. The monoisotopic (exact) mass is 669 g/mol. The largest absolute Gasteiger partial charge is 0.491 e. The molecule has 2 amide bonds. The van der Waals surface area contributed by atoms with E-state index >= 15 is 4.39 Å². The summed E-state index contributed by atoms with van der Waals surface area (Å²) in [5, 5.41) is 9.70. The van der Waals surface area contributed by atoms with Crippen LogP contribution in [-0.2, 0) is 19.7 Å². The van der Waals surface area contributed by atoms with E-state index in [0.717, 1.165) is 12.8 Å². The number of hydrogen-bond donors (Lipinski definition) is 3. The number of benzene rings is 3. The van der Waals surface area contributed by atoms with Crippen molar-refractivity contribution in [1.29, 1.82) is 0 Å². The molecule has 0 aliphatic carbocycles. The standard InChI is InChI=1S/C35H38Cl2FN3O5/c1-6-7-15-46-26-16-19(32(43)45-5)11-14-24(26)39-31(42)30-28(21-9-8-10-23(37)29(21)38)35(27(41-30)18-34(2,3)4)22-13-12-20(36)17-25(22)40-33(35)44/h8-14,16-17,27-28,30,41H,6-7,15,18H2,1-5H3,(H,39,42)(H,40,44)/t27-,28+,30+,35?/m0/s1. The van der Waals surface area contributed by atoms with Gasteiger partial charge in [-0.1, -0.05) is 75.5 Å². The Bertz CT molecular complexity index is 1680. The normalized spacial score (nSPS) is 22.0. The van der Waals surface area contributed by atoms with E-state index in [1.807, 2.05) is 27.7 Å². The van der Waals surface area contributed by atoms with Gasteiger partial charge in [-0.3, -0.25) is 9.59 Å². The van der Waals surface area contributed by atoms with Gasteiger partial charge in [-0.2, -0.15) is 0 Å². The highest BCUT2D eigenvalue weighted by Crippen LogP contribution is 2.57. The van der Waals surface area contributed by atoms with Crippen molar-refractivity contribution >= 4 is 52.4 Å². The summed E-state index contributed by atoms with van der Waals surface area (Å²) in [6, 6.07) is 12.7. The Balaban J connectivity index is 1.66. The molecule has 2 aliphatic rings. The minimum absolute atomic E-state index is 0.120. The lowest BCUT2D eigenvalue weighted by Crippen LogP contribution is -2.49. The lowest BCUT2D eigenvalue weighted by Gasteiger charge is -2.37. The second kappa shape index (κ2) is 13.2. The van der Waals surface area contributed by atoms with Crippen LogP contribution in [0.3, 0.4) is 0 Å². The smallest absolute Gasteiger partial charge is 0.337 e. The van der Waals surface area contributed by atoms with Crippen molar-refractivity contribution in [3.05, 3.63) is 87.2 Å². The molecule has 4 atom stereocenters. The van der Waals surface area contributed by atoms with Crippen molar-refractivity contribution in [3.8, 4) is 5.75 Å². The lowest BCUT2D eigenvalue weighted by atomic mass is 9.62. The Morgan fingerprint density at radius 1 is 1.09 bits per heavy atom. The van der Waals surface area contributed by atoms with Gasteiger partial charge in [0.15, 0.2) is 0 Å². The third-order valence-corrected chi connectivity index (χ3v) is 9.16. The fraction of sp³-hybridized carbons (Fsp3) is 0.400. The lowest BCUT2D eigenvalue weighted by molar-refractivity contribution is -0.122. The number of esters is 1. The highest BCUT2D eigenvalue weighted by Gasteiger charge is 2.66. The molecule has 0 aromatic heterocycles. The molecule has 1 spiro atoms. The first-order valence-electron chi connectivity index (χ1n) is 15.3. The molecule has 1 saturated heterocycles. The number of carbonyl (C=O) groups is 3. The number of amides is 2. The summed E-state index contributed by atoms with van der Waals surface area (Å²) in [5.74, 6) is -2.86. The Morgan fingerprint density at radius 2 is 1.85 bits per heavy atom. The van der Waals surface area contributed by atoms with E-state index in [1.54, 1.807) is 36.4 Å². The molecule has 3 aromatic rings. The van der Waals surface area contributed by atoms with Crippen LogP contribution in [0.2, 0.25) is 10.0 Å². The van der Waals surface area contributed by atoms with Crippen LogP contribution in [0.15, 0.2) is 54.6 Å². The van der Waals surface area contributed by atoms with Crippen LogP contribution in [-0.4, -0.2) is 43.6 Å². The van der Waals surface area contributed by atoms with Gasteiger partial charge in [0.2, 0.25) is 11.8 Å². The molecule has 11 heteroatoms. The fourth-order valence-electron chi connectivity index (χ4n) is 6.68. The molecular formula is C35H38Cl2FN3O5. The first kappa shape index (κ1) is 33.7. The highest BCUT2D eigenvalue weighted by molar-refractivity contribution is 6.31. The van der Waals surface area contributed by atoms with Gasteiger partial charge in [-0.25, -0.2) is 9.18 Å². The number of anilines is 2. The number of hydrogen-bond acceptors (Lipinski definition) is 6. The SMILES string of the molecule is CCCCOc1cc(C(=O)OC)ccc1NC(=O)[C@@H]1N[C@@H](CC(C)(C)C)C2(C(=O)Nc3cc(Cl)ccc32)[C@@H]1c1cccc(Cl)c1F. The van der Waals surface area contributed by atoms with Gasteiger partial charge in [-0.05, 0) is 65.8 Å². The van der Waals surface area contributed by atoms with Crippen LogP contribution in [0.25, 0.3) is 0 Å². The van der Waals surface area contributed by atoms with Gasteiger partial charge in [0.05, 0.1) is 36.0 Å². The molecule has 8 nitrogen and oxygen atoms in total. The highest BCUT2D eigenvalue weighted by atomic mass is 35.5. The van der Waals surface area contributed by atoms with Gasteiger partial charge in [0.25, 0.3) is 0 Å². The van der Waals surface area contributed by atoms with Crippen molar-refractivity contribution in [1.82, 2.24) is 5.32 Å². The maximum Gasteiger partial charge on any atom is 0.337 e. The Labute approximate surface area is 278 Å². The van der Waals surface area contributed by atoms with Crippen LogP contribution in [0.4, 0.5) is 15.8 Å². The zero-order chi connectivity index (χ0) is 33.4. The maximum absolute atomic E-state index is 16.1. The molecule has 3 aromatic carbocycles. The third-order valence-electron chi connectivity index (χ3n) is 8.64. The topological polar surface area (TPSA) is 106 Å². The quantitative estimate of drug-likeness (QED) is 0.161.